The average Bonchev–Trinajstić information content (AvgIpc) is 3.16. The lowest BCUT2D eigenvalue weighted by molar-refractivity contribution is -0.118. The number of rotatable bonds is 5. The van der Waals surface area contributed by atoms with E-state index in [0.29, 0.717) is 28.8 Å². The third kappa shape index (κ3) is 2.86. The predicted octanol–water partition coefficient (Wildman–Crippen LogP) is 4.18. The number of carbonyl (C=O) groups excluding carboxylic acids is 2. The predicted molar refractivity (Wildman–Crippen MR) is 107 cm³/mol. The number of ether oxygens (including phenoxy) is 1. The summed E-state index contributed by atoms with van der Waals surface area (Å²) in [4.78, 5) is 25.3. The van der Waals surface area contributed by atoms with E-state index in [1.807, 2.05) is 24.3 Å². The van der Waals surface area contributed by atoms with Crippen LogP contribution in [0.15, 0.2) is 48.5 Å². The topological polar surface area (TPSA) is 67.4 Å². The van der Waals surface area contributed by atoms with E-state index < -0.39 is 0 Å². The zero-order valence-corrected chi connectivity index (χ0v) is 15.9. The molecule has 0 aliphatic heterocycles. The summed E-state index contributed by atoms with van der Waals surface area (Å²) < 4.78 is 5.25. The lowest BCUT2D eigenvalue weighted by Gasteiger charge is -2.12. The fourth-order valence-corrected chi connectivity index (χ4v) is 5.61. The molecule has 5 atom stereocenters. The van der Waals surface area contributed by atoms with Gasteiger partial charge >= 0.3 is 0 Å². The summed E-state index contributed by atoms with van der Waals surface area (Å²) in [5.74, 6) is 3.40. The Morgan fingerprint density at radius 3 is 2.32 bits per heavy atom. The summed E-state index contributed by atoms with van der Waals surface area (Å²) in [6.07, 6.45) is 3.95. The molecular weight excluding hydrogens is 352 g/mol. The Morgan fingerprint density at radius 1 is 0.929 bits per heavy atom. The molecule has 0 spiro atoms. The van der Waals surface area contributed by atoms with Crippen LogP contribution in [-0.4, -0.2) is 18.9 Å². The molecule has 1 unspecified atom stereocenters. The summed E-state index contributed by atoms with van der Waals surface area (Å²) in [6.45, 7) is 0. The fraction of sp³-hybridized carbons (Fsp3) is 0.391. The van der Waals surface area contributed by atoms with Gasteiger partial charge in [-0.05, 0) is 73.3 Å². The van der Waals surface area contributed by atoms with E-state index in [1.165, 1.54) is 19.3 Å². The van der Waals surface area contributed by atoms with Crippen molar-refractivity contribution in [1.29, 1.82) is 0 Å². The zero-order chi connectivity index (χ0) is 19.3. The van der Waals surface area contributed by atoms with Crippen molar-refractivity contribution in [2.24, 2.45) is 29.6 Å². The number of methoxy groups -OCH3 is 1. The molecule has 5 rings (SSSR count). The Morgan fingerprint density at radius 2 is 1.61 bits per heavy atom. The molecular formula is C23H24N2O3. The second-order valence-corrected chi connectivity index (χ2v) is 8.24. The van der Waals surface area contributed by atoms with Crippen molar-refractivity contribution < 1.29 is 14.3 Å². The molecule has 5 heteroatoms. The Kier molecular flexibility index (Phi) is 4.11. The molecule has 3 saturated carbocycles. The molecule has 0 heterocycles. The molecule has 28 heavy (non-hydrogen) atoms. The van der Waals surface area contributed by atoms with E-state index in [2.05, 4.69) is 10.6 Å². The van der Waals surface area contributed by atoms with Crippen LogP contribution in [-0.2, 0) is 4.79 Å². The van der Waals surface area contributed by atoms with Crippen molar-refractivity contribution in [3.63, 3.8) is 0 Å². The van der Waals surface area contributed by atoms with Gasteiger partial charge in [-0.1, -0.05) is 18.2 Å². The maximum absolute atomic E-state index is 12.7. The van der Waals surface area contributed by atoms with Crippen LogP contribution >= 0.6 is 0 Å². The minimum Gasteiger partial charge on any atom is -0.496 e. The molecule has 5 nitrogen and oxygen atoms in total. The van der Waals surface area contributed by atoms with Crippen molar-refractivity contribution in [1.82, 2.24) is 0 Å². The highest BCUT2D eigenvalue weighted by atomic mass is 16.5. The van der Waals surface area contributed by atoms with Gasteiger partial charge in [-0.2, -0.15) is 0 Å². The van der Waals surface area contributed by atoms with Crippen LogP contribution in [0.2, 0.25) is 0 Å². The molecule has 2 bridgehead atoms. The molecule has 2 amide bonds. The SMILES string of the molecule is COc1ccccc1C(=O)Nc1cccc(NC(=O)C2[C@@H]3[C@H]4CC[C@H](C4)[C@H]23)c1. The Bertz CT molecular complexity index is 925. The second kappa shape index (κ2) is 6.66. The van der Waals surface area contributed by atoms with E-state index in [9.17, 15) is 9.59 Å². The number of hydrogen-bond acceptors (Lipinski definition) is 3. The van der Waals surface area contributed by atoms with Crippen LogP contribution in [0.5, 0.6) is 5.75 Å². The molecule has 0 aromatic heterocycles. The third-order valence-corrected chi connectivity index (χ3v) is 6.78. The number of nitrogens with one attached hydrogen (secondary N) is 2. The molecule has 2 aromatic carbocycles. The highest BCUT2D eigenvalue weighted by molar-refractivity contribution is 6.06. The van der Waals surface area contributed by atoms with Gasteiger partial charge in [0.2, 0.25) is 5.91 Å². The number of fused-ring (bicyclic) bond motifs is 5. The summed E-state index contributed by atoms with van der Waals surface area (Å²) in [6, 6.07) is 14.4. The van der Waals surface area contributed by atoms with Gasteiger partial charge in [0, 0.05) is 17.3 Å². The van der Waals surface area contributed by atoms with Crippen LogP contribution in [0, 0.1) is 29.6 Å². The lowest BCUT2D eigenvalue weighted by Crippen LogP contribution is -2.19. The van der Waals surface area contributed by atoms with Crippen LogP contribution in [0.1, 0.15) is 29.6 Å². The van der Waals surface area contributed by atoms with Crippen molar-refractivity contribution in [2.45, 2.75) is 19.3 Å². The van der Waals surface area contributed by atoms with Crippen LogP contribution in [0.3, 0.4) is 0 Å². The molecule has 3 fully saturated rings. The number of amides is 2. The molecule has 0 radical (unpaired) electrons. The molecule has 2 N–H and O–H groups in total. The van der Waals surface area contributed by atoms with E-state index in [0.717, 1.165) is 17.5 Å². The van der Waals surface area contributed by atoms with Gasteiger partial charge in [0.1, 0.15) is 5.75 Å². The summed E-state index contributed by atoms with van der Waals surface area (Å²) >= 11 is 0. The van der Waals surface area contributed by atoms with Crippen LogP contribution in [0.4, 0.5) is 11.4 Å². The number of para-hydroxylation sites is 1. The van der Waals surface area contributed by atoms with Crippen LogP contribution < -0.4 is 15.4 Å². The van der Waals surface area contributed by atoms with Gasteiger partial charge in [-0.3, -0.25) is 9.59 Å². The van der Waals surface area contributed by atoms with Crippen molar-refractivity contribution in [3.05, 3.63) is 54.1 Å². The van der Waals surface area contributed by atoms with Gasteiger partial charge in [0.25, 0.3) is 5.91 Å². The van der Waals surface area contributed by atoms with Gasteiger partial charge in [-0.15, -0.1) is 0 Å². The molecule has 2 aromatic rings. The smallest absolute Gasteiger partial charge is 0.259 e. The quantitative estimate of drug-likeness (QED) is 0.823. The average molecular weight is 376 g/mol. The first-order valence-electron chi connectivity index (χ1n) is 10.0. The summed E-state index contributed by atoms with van der Waals surface area (Å²) in [5.41, 5.74) is 1.84. The zero-order valence-electron chi connectivity index (χ0n) is 15.9. The number of benzene rings is 2. The Balaban J connectivity index is 1.25. The normalized spacial score (nSPS) is 29.1. The molecule has 144 valence electrons. The fourth-order valence-electron chi connectivity index (χ4n) is 5.61. The first-order valence-corrected chi connectivity index (χ1v) is 10.0. The number of carbonyl (C=O) groups is 2. The maximum Gasteiger partial charge on any atom is 0.259 e. The first kappa shape index (κ1) is 17.3. The van der Waals surface area contributed by atoms with Crippen LogP contribution in [0.25, 0.3) is 0 Å². The minimum absolute atomic E-state index is 0.139. The van der Waals surface area contributed by atoms with Gasteiger partial charge in [0.15, 0.2) is 0 Å². The Hall–Kier alpha value is -2.82. The van der Waals surface area contributed by atoms with Crippen molar-refractivity contribution in [2.75, 3.05) is 17.7 Å². The van der Waals surface area contributed by atoms with E-state index in [1.54, 1.807) is 31.4 Å². The van der Waals surface area contributed by atoms with Gasteiger partial charge in [0.05, 0.1) is 12.7 Å². The van der Waals surface area contributed by atoms with Gasteiger partial charge in [-0.25, -0.2) is 0 Å². The standard InChI is InChI=1S/C23H24N2O3/c1-28-18-8-3-2-7-17(18)22(26)24-15-5-4-6-16(12-15)25-23(27)21-19-13-9-10-14(11-13)20(19)21/h2-8,12-14,19-21H,9-11H2,1H3,(H,24,26)(H,25,27)/t13-,14+,19+,20-,21?. The highest BCUT2D eigenvalue weighted by Crippen LogP contribution is 2.69. The van der Waals surface area contributed by atoms with Crippen molar-refractivity contribution in [3.8, 4) is 5.75 Å². The molecule has 3 aliphatic rings. The summed E-state index contributed by atoms with van der Waals surface area (Å²) in [5, 5.41) is 5.95. The second-order valence-electron chi connectivity index (χ2n) is 8.24. The monoisotopic (exact) mass is 376 g/mol. The Labute approximate surface area is 164 Å². The molecule has 0 saturated heterocycles. The van der Waals surface area contributed by atoms with Gasteiger partial charge < -0.3 is 15.4 Å². The van der Waals surface area contributed by atoms with Crippen molar-refractivity contribution >= 4 is 23.2 Å². The molecule has 3 aliphatic carbocycles. The summed E-state index contributed by atoms with van der Waals surface area (Å²) in [7, 11) is 1.54. The lowest BCUT2D eigenvalue weighted by atomic mass is 10.0. The van der Waals surface area contributed by atoms with E-state index in [-0.39, 0.29) is 17.7 Å². The first-order chi connectivity index (χ1) is 13.7. The number of anilines is 2. The largest absolute Gasteiger partial charge is 0.496 e. The maximum atomic E-state index is 12.7. The highest BCUT2D eigenvalue weighted by Gasteiger charge is 2.67. The van der Waals surface area contributed by atoms with E-state index in [4.69, 9.17) is 4.74 Å². The third-order valence-electron chi connectivity index (χ3n) is 6.78. The van der Waals surface area contributed by atoms with E-state index >= 15 is 0 Å². The minimum atomic E-state index is -0.241. The number of hydrogen-bond donors (Lipinski definition) is 2.